The molecule has 0 aliphatic rings. The second-order valence-electron chi connectivity index (χ2n) is 1.61. The fourth-order valence-corrected chi connectivity index (χ4v) is 0.919. The molecule has 0 radical (unpaired) electrons. The number of nitrogens with zero attached hydrogens (tertiary/aromatic N) is 1. The maximum absolute atomic E-state index is 12.0. The number of hydrogen-bond acceptors (Lipinski definition) is 3. The van der Waals surface area contributed by atoms with Crippen LogP contribution in [0.25, 0.3) is 0 Å². The van der Waals surface area contributed by atoms with Crippen molar-refractivity contribution in [1.29, 1.82) is 0 Å². The van der Waals surface area contributed by atoms with Gasteiger partial charge < -0.3 is 0 Å². The van der Waals surface area contributed by atoms with Gasteiger partial charge in [-0.05, 0) is 12.1 Å². The van der Waals surface area contributed by atoms with Gasteiger partial charge in [0.1, 0.15) is 0 Å². The maximum Gasteiger partial charge on any atom is 0.349 e. The standard InChI is InChI=1S/C5H4FNO2S.ClH/c6-10(8,9)5-3-1-2-4-7-5;/h1-4H;1H. The molecule has 1 rings (SSSR count). The topological polar surface area (TPSA) is 47.0 Å². The third-order valence-corrected chi connectivity index (χ3v) is 1.63. The SMILES string of the molecule is Cl.O=S(=O)(F)c1ccccn1. The van der Waals surface area contributed by atoms with Gasteiger partial charge in [-0.25, -0.2) is 4.98 Å². The Morgan fingerprint density at radius 3 is 2.27 bits per heavy atom. The van der Waals surface area contributed by atoms with Gasteiger partial charge in [0.25, 0.3) is 0 Å². The lowest BCUT2D eigenvalue weighted by Gasteiger charge is -1.88. The fraction of sp³-hybridized carbons (Fsp3) is 0. The summed E-state index contributed by atoms with van der Waals surface area (Å²) in [5, 5.41) is -0.546. The van der Waals surface area contributed by atoms with E-state index in [2.05, 4.69) is 4.98 Å². The smallest absolute Gasteiger partial charge is 0.242 e. The molecule has 1 heterocycles. The first-order chi connectivity index (χ1) is 4.61. The monoisotopic (exact) mass is 197 g/mol. The number of rotatable bonds is 1. The number of aromatic nitrogens is 1. The van der Waals surface area contributed by atoms with Gasteiger partial charge in [-0.15, -0.1) is 12.4 Å². The van der Waals surface area contributed by atoms with E-state index in [9.17, 15) is 12.3 Å². The van der Waals surface area contributed by atoms with Crippen molar-refractivity contribution in [3.63, 3.8) is 0 Å². The maximum atomic E-state index is 12.0. The highest BCUT2D eigenvalue weighted by Gasteiger charge is 2.10. The molecular weight excluding hydrogens is 193 g/mol. The molecule has 0 aliphatic heterocycles. The minimum atomic E-state index is -4.61. The van der Waals surface area contributed by atoms with Crippen molar-refractivity contribution in [2.45, 2.75) is 5.03 Å². The van der Waals surface area contributed by atoms with Gasteiger partial charge in [0, 0.05) is 6.20 Å². The van der Waals surface area contributed by atoms with Crippen molar-refractivity contribution in [2.24, 2.45) is 0 Å². The van der Waals surface area contributed by atoms with E-state index in [0.29, 0.717) is 0 Å². The lowest BCUT2D eigenvalue weighted by atomic mass is 10.5. The van der Waals surface area contributed by atoms with Crippen LogP contribution in [-0.4, -0.2) is 13.4 Å². The molecule has 11 heavy (non-hydrogen) atoms. The molecule has 0 atom stereocenters. The highest BCUT2D eigenvalue weighted by molar-refractivity contribution is 7.86. The van der Waals surface area contributed by atoms with E-state index in [1.807, 2.05) is 0 Å². The average molecular weight is 198 g/mol. The number of hydrogen-bond donors (Lipinski definition) is 0. The molecular formula is C5H5ClFNO2S. The summed E-state index contributed by atoms with van der Waals surface area (Å²) in [7, 11) is -4.61. The highest BCUT2D eigenvalue weighted by atomic mass is 35.5. The van der Waals surface area contributed by atoms with Gasteiger partial charge in [0.2, 0.25) is 0 Å². The minimum Gasteiger partial charge on any atom is -0.242 e. The second-order valence-corrected chi connectivity index (χ2v) is 2.90. The summed E-state index contributed by atoms with van der Waals surface area (Å²) in [6.07, 6.45) is 1.21. The van der Waals surface area contributed by atoms with Gasteiger partial charge in [0.15, 0.2) is 5.03 Å². The van der Waals surface area contributed by atoms with E-state index >= 15 is 0 Å². The quantitative estimate of drug-likeness (QED) is 0.635. The zero-order valence-electron chi connectivity index (χ0n) is 5.27. The van der Waals surface area contributed by atoms with Crippen molar-refractivity contribution < 1.29 is 12.3 Å². The summed E-state index contributed by atoms with van der Waals surface area (Å²) in [5.74, 6) is 0. The molecule has 0 unspecified atom stereocenters. The zero-order valence-corrected chi connectivity index (χ0v) is 6.90. The van der Waals surface area contributed by atoms with Crippen LogP contribution in [-0.2, 0) is 10.2 Å². The van der Waals surface area contributed by atoms with Gasteiger partial charge >= 0.3 is 10.2 Å². The fourth-order valence-electron chi connectivity index (χ4n) is 0.491. The first kappa shape index (κ1) is 10.3. The largest absolute Gasteiger partial charge is 0.349 e. The lowest BCUT2D eigenvalue weighted by molar-refractivity contribution is 0.548. The van der Waals surface area contributed by atoms with E-state index in [-0.39, 0.29) is 12.4 Å². The predicted octanol–water partition coefficient (Wildman–Crippen LogP) is 1.16. The average Bonchev–Trinajstić information content (AvgIpc) is 1.88. The van der Waals surface area contributed by atoms with Crippen LogP contribution in [0.4, 0.5) is 3.89 Å². The Kier molecular flexibility index (Phi) is 3.41. The van der Waals surface area contributed by atoms with Crippen molar-refractivity contribution in [3.05, 3.63) is 24.4 Å². The Balaban J connectivity index is 0.000001000. The van der Waals surface area contributed by atoms with Crippen LogP contribution in [0, 0.1) is 0 Å². The molecule has 0 N–H and O–H groups in total. The van der Waals surface area contributed by atoms with E-state index in [1.54, 1.807) is 0 Å². The number of pyridine rings is 1. The van der Waals surface area contributed by atoms with Crippen LogP contribution in [0.3, 0.4) is 0 Å². The van der Waals surface area contributed by atoms with Gasteiger partial charge in [0.05, 0.1) is 0 Å². The minimum absolute atomic E-state index is 0. The van der Waals surface area contributed by atoms with Crippen molar-refractivity contribution >= 4 is 22.6 Å². The van der Waals surface area contributed by atoms with Crippen LogP contribution < -0.4 is 0 Å². The van der Waals surface area contributed by atoms with Crippen LogP contribution >= 0.6 is 12.4 Å². The molecule has 3 nitrogen and oxygen atoms in total. The molecule has 6 heteroatoms. The van der Waals surface area contributed by atoms with Crippen molar-refractivity contribution in [2.75, 3.05) is 0 Å². The summed E-state index contributed by atoms with van der Waals surface area (Å²) >= 11 is 0. The third-order valence-electron chi connectivity index (χ3n) is 0.888. The molecule has 0 aliphatic carbocycles. The molecule has 0 bridgehead atoms. The summed E-state index contributed by atoms with van der Waals surface area (Å²) in [4.78, 5) is 3.29. The van der Waals surface area contributed by atoms with Gasteiger partial charge in [-0.3, -0.25) is 0 Å². The first-order valence-corrected chi connectivity index (χ1v) is 3.85. The Morgan fingerprint density at radius 2 is 2.00 bits per heavy atom. The van der Waals surface area contributed by atoms with Crippen molar-refractivity contribution in [3.8, 4) is 0 Å². The Hall–Kier alpha value is -0.680. The van der Waals surface area contributed by atoms with Gasteiger partial charge in [-0.1, -0.05) is 9.95 Å². The highest BCUT2D eigenvalue weighted by Crippen LogP contribution is 2.05. The lowest BCUT2D eigenvalue weighted by Crippen LogP contribution is -1.93. The molecule has 0 saturated carbocycles. The Morgan fingerprint density at radius 1 is 1.36 bits per heavy atom. The summed E-state index contributed by atoms with van der Waals surface area (Å²) in [6, 6.07) is 4.00. The molecule has 1 aromatic rings. The zero-order chi connectivity index (χ0) is 7.61. The van der Waals surface area contributed by atoms with E-state index in [4.69, 9.17) is 0 Å². The van der Waals surface area contributed by atoms with Crippen LogP contribution in [0.1, 0.15) is 0 Å². The van der Waals surface area contributed by atoms with Crippen LogP contribution in [0.5, 0.6) is 0 Å². The Labute approximate surface area is 69.9 Å². The normalized spacial score (nSPS) is 10.3. The third kappa shape index (κ3) is 2.81. The number of halogens is 2. The van der Waals surface area contributed by atoms with Crippen LogP contribution in [0.2, 0.25) is 0 Å². The first-order valence-electron chi connectivity index (χ1n) is 2.46. The molecule has 0 aromatic carbocycles. The molecule has 1 aromatic heterocycles. The molecule has 62 valence electrons. The molecule has 0 fully saturated rings. The summed E-state index contributed by atoms with van der Waals surface area (Å²) < 4.78 is 32.2. The van der Waals surface area contributed by atoms with Gasteiger partial charge in [-0.2, -0.15) is 8.42 Å². The van der Waals surface area contributed by atoms with E-state index < -0.39 is 15.2 Å². The van der Waals surface area contributed by atoms with Crippen LogP contribution in [0.15, 0.2) is 29.4 Å². The summed E-state index contributed by atoms with van der Waals surface area (Å²) in [5.41, 5.74) is 0. The Bertz CT molecular complexity index is 313. The van der Waals surface area contributed by atoms with E-state index in [0.717, 1.165) is 6.07 Å². The van der Waals surface area contributed by atoms with E-state index in [1.165, 1.54) is 18.3 Å². The molecule has 0 amide bonds. The van der Waals surface area contributed by atoms with Crippen molar-refractivity contribution in [1.82, 2.24) is 4.98 Å². The molecule has 0 spiro atoms. The predicted molar refractivity (Wildman–Crippen MR) is 39.8 cm³/mol. The second kappa shape index (κ2) is 3.64. The summed E-state index contributed by atoms with van der Waals surface area (Å²) in [6.45, 7) is 0. The molecule has 0 saturated heterocycles.